The Hall–Kier alpha value is -3.40. The van der Waals surface area contributed by atoms with Crippen molar-refractivity contribution in [2.45, 2.75) is 0 Å². The van der Waals surface area contributed by atoms with Gasteiger partial charge in [-0.05, 0) is 35.4 Å². The van der Waals surface area contributed by atoms with Gasteiger partial charge in [0.05, 0.1) is 25.0 Å². The highest BCUT2D eigenvalue weighted by molar-refractivity contribution is 5.70. The molecule has 0 saturated heterocycles. The van der Waals surface area contributed by atoms with Crippen LogP contribution in [0.1, 0.15) is 0 Å². The molecule has 0 aromatic heterocycles. The number of benzene rings is 2. The molecule has 2 rings (SSSR count). The lowest BCUT2D eigenvalue weighted by Gasteiger charge is -2.11. The van der Waals surface area contributed by atoms with E-state index < -0.39 is 0 Å². The monoisotopic (exact) mass is 322 g/mol. The van der Waals surface area contributed by atoms with Crippen LogP contribution in [0.2, 0.25) is 0 Å². The van der Waals surface area contributed by atoms with Crippen LogP contribution in [0, 0.1) is 0 Å². The van der Waals surface area contributed by atoms with Gasteiger partial charge in [-0.1, -0.05) is 26.3 Å². The van der Waals surface area contributed by atoms with Crippen LogP contribution in [0.25, 0.3) is 11.1 Å². The molecule has 4 nitrogen and oxygen atoms in total. The molecule has 0 N–H and O–H groups in total. The van der Waals surface area contributed by atoms with Gasteiger partial charge in [-0.3, -0.25) is 0 Å². The van der Waals surface area contributed by atoms with Gasteiger partial charge in [0, 0.05) is 12.1 Å². The van der Waals surface area contributed by atoms with E-state index in [4.69, 9.17) is 18.9 Å². The lowest BCUT2D eigenvalue weighted by Crippen LogP contribution is -1.90. The summed E-state index contributed by atoms with van der Waals surface area (Å²) in [7, 11) is 0. The second-order valence-corrected chi connectivity index (χ2v) is 4.52. The first-order chi connectivity index (χ1) is 11.7. The van der Waals surface area contributed by atoms with Gasteiger partial charge in [-0.15, -0.1) is 0 Å². The van der Waals surface area contributed by atoms with Crippen molar-refractivity contribution in [1.29, 1.82) is 0 Å². The van der Waals surface area contributed by atoms with Gasteiger partial charge in [0.1, 0.15) is 23.0 Å². The van der Waals surface area contributed by atoms with Crippen molar-refractivity contribution in [3.8, 4) is 34.1 Å². The molecule has 0 amide bonds. The highest BCUT2D eigenvalue weighted by Crippen LogP contribution is 2.35. The third-order valence-corrected chi connectivity index (χ3v) is 2.97. The third kappa shape index (κ3) is 4.30. The average Bonchev–Trinajstić information content (AvgIpc) is 2.56. The van der Waals surface area contributed by atoms with Crippen LogP contribution in [0.15, 0.2) is 87.8 Å². The zero-order valence-electron chi connectivity index (χ0n) is 13.2. The summed E-state index contributed by atoms with van der Waals surface area (Å²) in [6.07, 6.45) is 5.39. The summed E-state index contributed by atoms with van der Waals surface area (Å²) >= 11 is 0. The molecule has 24 heavy (non-hydrogen) atoms. The van der Waals surface area contributed by atoms with Crippen LogP contribution in [0.3, 0.4) is 0 Å². The summed E-state index contributed by atoms with van der Waals surface area (Å²) in [5.74, 6) is 2.34. The van der Waals surface area contributed by atoms with E-state index in [0.29, 0.717) is 23.0 Å². The number of hydrogen-bond acceptors (Lipinski definition) is 4. The molecule has 0 bridgehead atoms. The summed E-state index contributed by atoms with van der Waals surface area (Å²) < 4.78 is 21.5. The zero-order chi connectivity index (χ0) is 17.4. The van der Waals surface area contributed by atoms with E-state index >= 15 is 0 Å². The minimum atomic E-state index is 0.584. The molecular formula is C20H18O4. The average molecular weight is 322 g/mol. The smallest absolute Gasteiger partial charge is 0.130 e. The van der Waals surface area contributed by atoms with E-state index in [1.165, 1.54) is 25.0 Å². The van der Waals surface area contributed by atoms with Crippen LogP contribution in [0.5, 0.6) is 23.0 Å². The fourth-order valence-electron chi connectivity index (χ4n) is 2.13. The fourth-order valence-corrected chi connectivity index (χ4v) is 2.13. The predicted molar refractivity (Wildman–Crippen MR) is 95.2 cm³/mol. The molecule has 0 spiro atoms. The molecule has 2 aromatic carbocycles. The molecule has 2 aromatic rings. The van der Waals surface area contributed by atoms with Crippen molar-refractivity contribution in [2.24, 2.45) is 0 Å². The maximum atomic E-state index is 5.37. The molecule has 0 heterocycles. The lowest BCUT2D eigenvalue weighted by atomic mass is 10.0. The summed E-state index contributed by atoms with van der Waals surface area (Å²) in [5, 5.41) is 0. The van der Waals surface area contributed by atoms with E-state index in [-0.39, 0.29) is 0 Å². The Balaban J connectivity index is 2.55. The molecule has 0 aliphatic rings. The molecule has 0 unspecified atom stereocenters. The van der Waals surface area contributed by atoms with Crippen LogP contribution < -0.4 is 18.9 Å². The van der Waals surface area contributed by atoms with Gasteiger partial charge in [0.15, 0.2) is 0 Å². The Morgan fingerprint density at radius 2 is 0.708 bits per heavy atom. The summed E-state index contributed by atoms with van der Waals surface area (Å²) in [6, 6.07) is 10.9. The minimum absolute atomic E-state index is 0.584. The van der Waals surface area contributed by atoms with Crippen molar-refractivity contribution >= 4 is 0 Å². The standard InChI is InChI=1S/C20H18O4/c1-5-21-17-9-15(10-18(13-17)22-6-2)16-11-19(23-7-3)14-20(12-16)24-8-4/h5-14H,1-4H2. The van der Waals surface area contributed by atoms with E-state index in [2.05, 4.69) is 26.3 Å². The Morgan fingerprint density at radius 3 is 0.917 bits per heavy atom. The lowest BCUT2D eigenvalue weighted by molar-refractivity contribution is 0.459. The molecule has 0 atom stereocenters. The van der Waals surface area contributed by atoms with Crippen molar-refractivity contribution < 1.29 is 18.9 Å². The van der Waals surface area contributed by atoms with Gasteiger partial charge >= 0.3 is 0 Å². The molecule has 0 fully saturated rings. The normalized spacial score (nSPS) is 9.50. The highest BCUT2D eigenvalue weighted by atomic mass is 16.5. The van der Waals surface area contributed by atoms with E-state index in [9.17, 15) is 0 Å². The molecule has 0 aliphatic heterocycles. The van der Waals surface area contributed by atoms with Gasteiger partial charge in [-0.25, -0.2) is 0 Å². The van der Waals surface area contributed by atoms with Crippen LogP contribution in [-0.2, 0) is 0 Å². The van der Waals surface area contributed by atoms with Crippen molar-refractivity contribution in [3.05, 3.63) is 87.8 Å². The van der Waals surface area contributed by atoms with Crippen LogP contribution in [0.4, 0.5) is 0 Å². The molecule has 0 radical (unpaired) electrons. The Labute approximate surface area is 141 Å². The minimum Gasteiger partial charge on any atom is -0.465 e. The fraction of sp³-hybridized carbons (Fsp3) is 0. The van der Waals surface area contributed by atoms with Gasteiger partial charge < -0.3 is 18.9 Å². The van der Waals surface area contributed by atoms with E-state index in [1.54, 1.807) is 12.1 Å². The zero-order valence-corrected chi connectivity index (χ0v) is 13.2. The number of hydrogen-bond donors (Lipinski definition) is 0. The molecule has 4 heteroatoms. The van der Waals surface area contributed by atoms with Crippen molar-refractivity contribution in [2.75, 3.05) is 0 Å². The van der Waals surface area contributed by atoms with Crippen LogP contribution >= 0.6 is 0 Å². The van der Waals surface area contributed by atoms with Crippen molar-refractivity contribution in [3.63, 3.8) is 0 Å². The molecule has 0 saturated carbocycles. The van der Waals surface area contributed by atoms with E-state index in [1.807, 2.05) is 24.3 Å². The predicted octanol–water partition coefficient (Wildman–Crippen LogP) is 5.44. The van der Waals surface area contributed by atoms with Gasteiger partial charge in [0.2, 0.25) is 0 Å². The first kappa shape index (κ1) is 17.0. The third-order valence-electron chi connectivity index (χ3n) is 2.97. The van der Waals surface area contributed by atoms with Crippen molar-refractivity contribution in [1.82, 2.24) is 0 Å². The number of ether oxygens (including phenoxy) is 4. The Morgan fingerprint density at radius 1 is 0.458 bits per heavy atom. The first-order valence-corrected chi connectivity index (χ1v) is 7.11. The van der Waals surface area contributed by atoms with Gasteiger partial charge in [0.25, 0.3) is 0 Å². The summed E-state index contributed by atoms with van der Waals surface area (Å²) in [6.45, 7) is 14.3. The maximum Gasteiger partial charge on any atom is 0.130 e. The quantitative estimate of drug-likeness (QED) is 0.576. The highest BCUT2D eigenvalue weighted by Gasteiger charge is 2.09. The van der Waals surface area contributed by atoms with E-state index in [0.717, 1.165) is 11.1 Å². The van der Waals surface area contributed by atoms with Crippen LogP contribution in [-0.4, -0.2) is 0 Å². The number of rotatable bonds is 9. The molecular weight excluding hydrogens is 304 g/mol. The summed E-state index contributed by atoms with van der Waals surface area (Å²) in [4.78, 5) is 0. The molecule has 0 aliphatic carbocycles. The maximum absolute atomic E-state index is 5.37. The SMILES string of the molecule is C=COc1cc(OC=C)cc(-c2cc(OC=C)cc(OC=C)c2)c1. The van der Waals surface area contributed by atoms with Gasteiger partial charge in [-0.2, -0.15) is 0 Å². The molecule has 122 valence electrons. The second-order valence-electron chi connectivity index (χ2n) is 4.52. The Kier molecular flexibility index (Phi) is 5.86. The second kappa shape index (κ2) is 8.29. The topological polar surface area (TPSA) is 36.9 Å². The Bertz CT molecular complexity index is 640. The first-order valence-electron chi connectivity index (χ1n) is 7.11. The summed E-state index contributed by atoms with van der Waals surface area (Å²) in [5.41, 5.74) is 1.68. The largest absolute Gasteiger partial charge is 0.465 e.